The zero-order valence-electron chi connectivity index (χ0n) is 15.2. The second-order valence-corrected chi connectivity index (χ2v) is 8.57. The summed E-state index contributed by atoms with van der Waals surface area (Å²) in [4.78, 5) is 12.3. The molecule has 3 aromatic rings. The Morgan fingerprint density at radius 1 is 0.966 bits per heavy atom. The van der Waals surface area contributed by atoms with Crippen LogP contribution in [-0.2, 0) is 10.0 Å². The maximum Gasteiger partial charge on any atom is 0.250 e. The number of sulfonamides is 1. The van der Waals surface area contributed by atoms with Gasteiger partial charge < -0.3 is 5.73 Å². The van der Waals surface area contributed by atoms with Crippen molar-refractivity contribution in [2.75, 3.05) is 0 Å². The molecule has 0 saturated heterocycles. The van der Waals surface area contributed by atoms with Crippen LogP contribution in [0.25, 0.3) is 46.2 Å². The third kappa shape index (κ3) is 2.57. The Morgan fingerprint density at radius 3 is 2.48 bits per heavy atom. The van der Waals surface area contributed by atoms with Crippen LogP contribution in [0, 0.1) is 0 Å². The molecule has 142 valence electrons. The lowest BCUT2D eigenvalue weighted by atomic mass is 9.89. The number of primary sulfonamides is 1. The molecule has 5 rings (SSSR count). The molecule has 0 fully saturated rings. The van der Waals surface area contributed by atoms with Crippen molar-refractivity contribution >= 4 is 51.0 Å². The number of benzene rings is 3. The van der Waals surface area contributed by atoms with E-state index in [4.69, 9.17) is 10.9 Å². The number of amides is 1. The molecule has 3 aromatic carbocycles. The smallest absolute Gasteiger partial charge is 0.250 e. The normalized spacial score (nSPS) is 13.8. The van der Waals surface area contributed by atoms with E-state index < -0.39 is 15.9 Å². The van der Waals surface area contributed by atoms with Crippen molar-refractivity contribution < 1.29 is 13.2 Å². The standard InChI is InChI=1S/C23H16N2O3S/c24-23(26)21-19(12-15-5-1-2-8-18(15)22(21)29(25,27)28)20-16-9-3-6-13(16)11-14-7-4-10-17(14)20/h1-12H,(H2,24,26)(H2,25,27,28). The highest BCUT2D eigenvalue weighted by molar-refractivity contribution is 7.89. The van der Waals surface area contributed by atoms with E-state index in [-0.39, 0.29) is 10.5 Å². The van der Waals surface area contributed by atoms with Gasteiger partial charge in [-0.15, -0.1) is 0 Å². The average molecular weight is 400 g/mol. The largest absolute Gasteiger partial charge is 0.366 e. The lowest BCUT2D eigenvalue weighted by Gasteiger charge is -2.17. The van der Waals surface area contributed by atoms with Gasteiger partial charge in [-0.2, -0.15) is 0 Å². The summed E-state index contributed by atoms with van der Waals surface area (Å²) in [5, 5.41) is 8.52. The maximum atomic E-state index is 12.6. The number of hydrogen-bond acceptors (Lipinski definition) is 3. The van der Waals surface area contributed by atoms with Crippen molar-refractivity contribution in [1.82, 2.24) is 0 Å². The topological polar surface area (TPSA) is 103 Å². The van der Waals surface area contributed by atoms with Gasteiger partial charge in [0.25, 0.3) is 5.91 Å². The van der Waals surface area contributed by atoms with E-state index in [9.17, 15) is 13.2 Å². The molecule has 0 aromatic heterocycles. The zero-order chi connectivity index (χ0) is 20.3. The van der Waals surface area contributed by atoms with Crippen molar-refractivity contribution in [3.63, 3.8) is 0 Å². The Bertz CT molecular complexity index is 1550. The predicted molar refractivity (Wildman–Crippen MR) is 116 cm³/mol. The van der Waals surface area contributed by atoms with Gasteiger partial charge >= 0.3 is 0 Å². The van der Waals surface area contributed by atoms with Gasteiger partial charge in [-0.05, 0) is 50.2 Å². The highest BCUT2D eigenvalue weighted by atomic mass is 32.2. The number of carbonyl (C=O) groups is 1. The Balaban J connectivity index is 2.06. The summed E-state index contributed by atoms with van der Waals surface area (Å²) in [6.07, 6.45) is 11.7. The van der Waals surface area contributed by atoms with Crippen molar-refractivity contribution in [2.45, 2.75) is 4.90 Å². The van der Waals surface area contributed by atoms with E-state index in [1.54, 1.807) is 18.2 Å². The number of allylic oxidation sites excluding steroid dienone is 2. The van der Waals surface area contributed by atoms with Crippen LogP contribution in [0.1, 0.15) is 21.5 Å². The number of nitrogens with two attached hydrogens (primary N) is 2. The quantitative estimate of drug-likeness (QED) is 0.701. The van der Waals surface area contributed by atoms with Crippen molar-refractivity contribution in [3.8, 4) is 11.1 Å². The number of primary amides is 1. The first-order valence-corrected chi connectivity index (χ1v) is 10.5. The molecule has 5 nitrogen and oxygen atoms in total. The molecule has 0 heterocycles. The van der Waals surface area contributed by atoms with E-state index in [1.165, 1.54) is 0 Å². The second kappa shape index (κ2) is 6.01. The first-order valence-electron chi connectivity index (χ1n) is 8.99. The van der Waals surface area contributed by atoms with Crippen LogP contribution in [0.15, 0.2) is 53.4 Å². The van der Waals surface area contributed by atoms with Crippen LogP contribution < -0.4 is 21.3 Å². The van der Waals surface area contributed by atoms with Crippen LogP contribution in [0.3, 0.4) is 0 Å². The Kier molecular flexibility index (Phi) is 3.65. The lowest BCUT2D eigenvalue weighted by molar-refractivity contribution is 0.0998. The summed E-state index contributed by atoms with van der Waals surface area (Å²) in [7, 11) is -4.22. The second-order valence-electron chi connectivity index (χ2n) is 7.07. The minimum Gasteiger partial charge on any atom is -0.366 e. The highest BCUT2D eigenvalue weighted by Crippen LogP contribution is 2.35. The predicted octanol–water partition coefficient (Wildman–Crippen LogP) is 1.87. The molecule has 0 aliphatic heterocycles. The van der Waals surface area contributed by atoms with Gasteiger partial charge in [0.2, 0.25) is 10.0 Å². The van der Waals surface area contributed by atoms with Crippen LogP contribution in [0.5, 0.6) is 0 Å². The first kappa shape index (κ1) is 17.6. The molecular weight excluding hydrogens is 384 g/mol. The minimum absolute atomic E-state index is 0.0811. The molecule has 2 aliphatic rings. The fourth-order valence-corrected chi connectivity index (χ4v) is 5.22. The number of rotatable bonds is 3. The van der Waals surface area contributed by atoms with Crippen LogP contribution in [-0.4, -0.2) is 14.3 Å². The summed E-state index contributed by atoms with van der Waals surface area (Å²) in [5.41, 5.74) is 8.80. The van der Waals surface area contributed by atoms with Gasteiger partial charge in [0.15, 0.2) is 0 Å². The summed E-state index contributed by atoms with van der Waals surface area (Å²) in [6, 6.07) is 10.8. The third-order valence-corrected chi connectivity index (χ3v) is 6.34. The van der Waals surface area contributed by atoms with Crippen molar-refractivity contribution in [1.29, 1.82) is 0 Å². The number of hydrogen-bond donors (Lipinski definition) is 2. The van der Waals surface area contributed by atoms with E-state index in [0.29, 0.717) is 16.3 Å². The van der Waals surface area contributed by atoms with Crippen molar-refractivity contribution in [2.24, 2.45) is 10.9 Å². The van der Waals surface area contributed by atoms with E-state index in [1.807, 2.05) is 48.6 Å². The van der Waals surface area contributed by atoms with Crippen LogP contribution in [0.2, 0.25) is 0 Å². The van der Waals surface area contributed by atoms with Gasteiger partial charge in [-0.25, -0.2) is 13.6 Å². The lowest BCUT2D eigenvalue weighted by Crippen LogP contribution is -2.24. The Morgan fingerprint density at radius 2 is 1.72 bits per heavy atom. The van der Waals surface area contributed by atoms with E-state index in [2.05, 4.69) is 6.07 Å². The van der Waals surface area contributed by atoms with Crippen molar-refractivity contribution in [3.05, 3.63) is 75.7 Å². The molecule has 0 atom stereocenters. The molecule has 1 amide bonds. The molecule has 0 spiro atoms. The summed E-state index contributed by atoms with van der Waals surface area (Å²) < 4.78 is 25.1. The fraction of sp³-hybridized carbons (Fsp3) is 0. The minimum atomic E-state index is -4.22. The fourth-order valence-electron chi connectivity index (χ4n) is 4.23. The Labute approximate surface area is 167 Å². The highest BCUT2D eigenvalue weighted by Gasteiger charge is 2.27. The average Bonchev–Trinajstić information content (AvgIpc) is 3.32. The SMILES string of the molecule is NC(=O)c1c(-c2c3c(cc4c2=CC=C4)=CC=C3)cc2ccccc2c1S(N)(=O)=O. The van der Waals surface area contributed by atoms with Gasteiger partial charge in [0, 0.05) is 5.39 Å². The Hall–Kier alpha value is -3.48. The molecule has 0 bridgehead atoms. The van der Waals surface area contributed by atoms with Crippen LogP contribution in [0.4, 0.5) is 0 Å². The molecule has 0 radical (unpaired) electrons. The summed E-state index contributed by atoms with van der Waals surface area (Å²) >= 11 is 0. The molecule has 6 heteroatoms. The van der Waals surface area contributed by atoms with E-state index in [0.717, 1.165) is 27.1 Å². The van der Waals surface area contributed by atoms with Gasteiger partial charge in [-0.3, -0.25) is 4.79 Å². The van der Waals surface area contributed by atoms with E-state index >= 15 is 0 Å². The molecule has 29 heavy (non-hydrogen) atoms. The molecule has 0 unspecified atom stereocenters. The monoisotopic (exact) mass is 400 g/mol. The molecule has 0 saturated carbocycles. The van der Waals surface area contributed by atoms with Gasteiger partial charge in [0.1, 0.15) is 4.90 Å². The molecular formula is C23H16N2O3S. The number of fused-ring (bicyclic) bond motifs is 3. The first-order chi connectivity index (χ1) is 13.9. The molecule has 2 aliphatic carbocycles. The summed E-state index contributed by atoms with van der Waals surface area (Å²) in [5.74, 6) is -0.835. The summed E-state index contributed by atoms with van der Waals surface area (Å²) in [6.45, 7) is 0. The number of carbonyl (C=O) groups excluding carboxylic acids is 1. The van der Waals surface area contributed by atoms with Crippen LogP contribution >= 0.6 is 0 Å². The molecule has 4 N–H and O–H groups in total. The van der Waals surface area contributed by atoms with Gasteiger partial charge in [-0.1, -0.05) is 60.7 Å². The maximum absolute atomic E-state index is 12.6. The third-order valence-electron chi connectivity index (χ3n) is 5.35. The zero-order valence-corrected chi connectivity index (χ0v) is 16.0. The van der Waals surface area contributed by atoms with Gasteiger partial charge in [0.05, 0.1) is 5.56 Å².